The molecule has 4 nitrogen and oxygen atoms in total. The third-order valence-corrected chi connectivity index (χ3v) is 3.81. The molecular weight excluding hydrogens is 298 g/mol. The Bertz CT molecular complexity index is 631. The number of aromatic hydroxyl groups is 1. The second-order valence-electron chi connectivity index (χ2n) is 4.89. The van der Waals surface area contributed by atoms with Crippen LogP contribution in [0.1, 0.15) is 11.1 Å². The quantitative estimate of drug-likeness (QED) is 0.542. The number of methoxy groups -OCH3 is 2. The van der Waals surface area contributed by atoms with E-state index in [1.165, 1.54) is 0 Å². The number of rotatable bonds is 7. The van der Waals surface area contributed by atoms with Gasteiger partial charge in [0.15, 0.2) is 0 Å². The van der Waals surface area contributed by atoms with E-state index in [0.717, 1.165) is 40.5 Å². The Balaban J connectivity index is 1.95. The van der Waals surface area contributed by atoms with Gasteiger partial charge in [0.25, 0.3) is 0 Å². The number of benzene rings is 2. The SMILES string of the molecule is COc1cc(CCNCc2ccccc2O)c(OC)cc1S. The van der Waals surface area contributed by atoms with Gasteiger partial charge < -0.3 is 19.9 Å². The van der Waals surface area contributed by atoms with Gasteiger partial charge in [0.2, 0.25) is 0 Å². The Labute approximate surface area is 136 Å². The van der Waals surface area contributed by atoms with Gasteiger partial charge in [-0.15, -0.1) is 12.6 Å². The summed E-state index contributed by atoms with van der Waals surface area (Å²) in [6, 6.07) is 11.1. The Morgan fingerprint density at radius 1 is 1.05 bits per heavy atom. The number of nitrogens with one attached hydrogen (secondary N) is 1. The normalized spacial score (nSPS) is 10.5. The zero-order valence-corrected chi connectivity index (χ0v) is 13.7. The van der Waals surface area contributed by atoms with Crippen LogP contribution in [0.3, 0.4) is 0 Å². The van der Waals surface area contributed by atoms with Crippen molar-refractivity contribution in [2.75, 3.05) is 20.8 Å². The van der Waals surface area contributed by atoms with E-state index < -0.39 is 0 Å². The fraction of sp³-hybridized carbons (Fsp3) is 0.294. The molecule has 22 heavy (non-hydrogen) atoms. The summed E-state index contributed by atoms with van der Waals surface area (Å²) < 4.78 is 10.7. The highest BCUT2D eigenvalue weighted by molar-refractivity contribution is 7.80. The lowest BCUT2D eigenvalue weighted by molar-refractivity contribution is 0.390. The van der Waals surface area contributed by atoms with Crippen LogP contribution in [0.15, 0.2) is 41.3 Å². The average Bonchev–Trinajstić information content (AvgIpc) is 2.53. The van der Waals surface area contributed by atoms with E-state index in [-0.39, 0.29) is 0 Å². The van der Waals surface area contributed by atoms with Gasteiger partial charge in [-0.25, -0.2) is 0 Å². The average molecular weight is 319 g/mol. The summed E-state index contributed by atoms with van der Waals surface area (Å²) in [5.74, 6) is 1.85. The largest absolute Gasteiger partial charge is 0.508 e. The van der Waals surface area contributed by atoms with Crippen LogP contribution in [-0.2, 0) is 13.0 Å². The minimum Gasteiger partial charge on any atom is -0.508 e. The molecule has 2 aromatic carbocycles. The Hall–Kier alpha value is -1.85. The lowest BCUT2D eigenvalue weighted by atomic mass is 10.1. The maximum atomic E-state index is 9.72. The van der Waals surface area contributed by atoms with Crippen molar-refractivity contribution >= 4 is 12.6 Å². The molecule has 0 amide bonds. The predicted octanol–water partition coefficient (Wildman–Crippen LogP) is 3.03. The molecule has 0 aliphatic heterocycles. The molecule has 0 fully saturated rings. The highest BCUT2D eigenvalue weighted by Gasteiger charge is 2.09. The van der Waals surface area contributed by atoms with Gasteiger partial charge in [-0.05, 0) is 36.7 Å². The van der Waals surface area contributed by atoms with Crippen molar-refractivity contribution in [3.05, 3.63) is 47.5 Å². The molecule has 0 aromatic heterocycles. The number of thiol groups is 1. The zero-order chi connectivity index (χ0) is 15.9. The van der Waals surface area contributed by atoms with Gasteiger partial charge in [-0.2, -0.15) is 0 Å². The molecule has 0 saturated carbocycles. The first-order valence-electron chi connectivity index (χ1n) is 7.07. The van der Waals surface area contributed by atoms with Crippen molar-refractivity contribution in [1.29, 1.82) is 0 Å². The van der Waals surface area contributed by atoms with Crippen LogP contribution in [0, 0.1) is 0 Å². The fourth-order valence-electron chi connectivity index (χ4n) is 2.25. The van der Waals surface area contributed by atoms with E-state index in [0.29, 0.717) is 12.3 Å². The maximum Gasteiger partial charge on any atom is 0.132 e. The highest BCUT2D eigenvalue weighted by atomic mass is 32.1. The van der Waals surface area contributed by atoms with E-state index >= 15 is 0 Å². The monoisotopic (exact) mass is 319 g/mol. The summed E-state index contributed by atoms with van der Waals surface area (Å²) in [7, 11) is 3.27. The van der Waals surface area contributed by atoms with Gasteiger partial charge in [0, 0.05) is 17.0 Å². The van der Waals surface area contributed by atoms with Crippen LogP contribution in [0.25, 0.3) is 0 Å². The minimum absolute atomic E-state index is 0.314. The first-order chi connectivity index (χ1) is 10.7. The van der Waals surface area contributed by atoms with E-state index in [1.807, 2.05) is 30.3 Å². The molecule has 0 heterocycles. The van der Waals surface area contributed by atoms with Crippen molar-refractivity contribution in [3.63, 3.8) is 0 Å². The van der Waals surface area contributed by atoms with E-state index in [1.54, 1.807) is 20.3 Å². The van der Waals surface area contributed by atoms with Gasteiger partial charge in [-0.3, -0.25) is 0 Å². The lowest BCUT2D eigenvalue weighted by Gasteiger charge is -2.13. The van der Waals surface area contributed by atoms with Crippen molar-refractivity contribution in [2.24, 2.45) is 0 Å². The standard InChI is InChI=1S/C17H21NO3S/c1-20-15-10-17(22)16(21-2)9-12(15)7-8-18-11-13-5-3-4-6-14(13)19/h3-6,9-10,18-19,22H,7-8,11H2,1-2H3. The van der Waals surface area contributed by atoms with Crippen LogP contribution in [-0.4, -0.2) is 25.9 Å². The van der Waals surface area contributed by atoms with Gasteiger partial charge >= 0.3 is 0 Å². The Morgan fingerprint density at radius 2 is 1.77 bits per heavy atom. The molecule has 0 spiro atoms. The van der Waals surface area contributed by atoms with Gasteiger partial charge in [0.1, 0.15) is 17.2 Å². The summed E-state index contributed by atoms with van der Waals surface area (Å²) in [5, 5.41) is 13.0. The third kappa shape index (κ3) is 4.08. The van der Waals surface area contributed by atoms with Crippen LogP contribution in [0.2, 0.25) is 0 Å². The lowest BCUT2D eigenvalue weighted by Crippen LogP contribution is -2.17. The van der Waals surface area contributed by atoms with Crippen LogP contribution < -0.4 is 14.8 Å². The molecule has 2 N–H and O–H groups in total. The second-order valence-corrected chi connectivity index (χ2v) is 5.37. The fourth-order valence-corrected chi connectivity index (χ4v) is 2.52. The molecule has 0 atom stereocenters. The second kappa shape index (κ2) is 7.96. The first-order valence-corrected chi connectivity index (χ1v) is 7.52. The number of hydrogen-bond donors (Lipinski definition) is 3. The molecule has 0 saturated heterocycles. The summed E-state index contributed by atoms with van der Waals surface area (Å²) in [6.45, 7) is 1.39. The molecular formula is C17H21NO3S. The summed E-state index contributed by atoms with van der Waals surface area (Å²) in [5.41, 5.74) is 1.94. The maximum absolute atomic E-state index is 9.72. The number of para-hydroxylation sites is 1. The van der Waals surface area contributed by atoms with Crippen molar-refractivity contribution in [3.8, 4) is 17.2 Å². The first kappa shape index (κ1) is 16.5. The number of hydrogen-bond acceptors (Lipinski definition) is 5. The molecule has 2 rings (SSSR count). The summed E-state index contributed by atoms with van der Waals surface area (Å²) in [6.07, 6.45) is 0.793. The molecule has 0 bridgehead atoms. The number of ether oxygens (including phenoxy) is 2. The number of phenolic OH excluding ortho intramolecular Hbond substituents is 1. The summed E-state index contributed by atoms with van der Waals surface area (Å²) in [4.78, 5) is 0.755. The van der Waals surface area contributed by atoms with E-state index in [4.69, 9.17) is 9.47 Å². The predicted molar refractivity (Wildman–Crippen MR) is 90.3 cm³/mol. The smallest absolute Gasteiger partial charge is 0.132 e. The molecule has 0 aliphatic carbocycles. The van der Waals surface area contributed by atoms with Crippen molar-refractivity contribution in [2.45, 2.75) is 17.9 Å². The van der Waals surface area contributed by atoms with E-state index in [2.05, 4.69) is 17.9 Å². The Kier molecular flexibility index (Phi) is 5.98. The van der Waals surface area contributed by atoms with Crippen molar-refractivity contribution < 1.29 is 14.6 Å². The highest BCUT2D eigenvalue weighted by Crippen LogP contribution is 2.31. The summed E-state index contributed by atoms with van der Waals surface area (Å²) >= 11 is 4.37. The Morgan fingerprint density at radius 3 is 2.45 bits per heavy atom. The topological polar surface area (TPSA) is 50.7 Å². The third-order valence-electron chi connectivity index (χ3n) is 3.46. The molecule has 2 aromatic rings. The van der Waals surface area contributed by atoms with E-state index in [9.17, 15) is 5.11 Å². The molecule has 0 unspecified atom stereocenters. The van der Waals surface area contributed by atoms with Crippen molar-refractivity contribution in [1.82, 2.24) is 5.32 Å². The van der Waals surface area contributed by atoms with Crippen LogP contribution in [0.4, 0.5) is 0 Å². The molecule has 0 aliphatic rings. The minimum atomic E-state index is 0.314. The van der Waals surface area contributed by atoms with Gasteiger partial charge in [0.05, 0.1) is 14.2 Å². The van der Waals surface area contributed by atoms with Gasteiger partial charge in [-0.1, -0.05) is 18.2 Å². The molecule has 118 valence electrons. The number of phenols is 1. The molecule has 0 radical (unpaired) electrons. The molecule has 5 heteroatoms. The van der Waals surface area contributed by atoms with Crippen LogP contribution in [0.5, 0.6) is 17.2 Å². The van der Waals surface area contributed by atoms with Crippen LogP contribution >= 0.6 is 12.6 Å². The zero-order valence-electron chi connectivity index (χ0n) is 12.8.